The van der Waals surface area contributed by atoms with Crippen LogP contribution in [-0.4, -0.2) is 17.4 Å². The zero-order valence-electron chi connectivity index (χ0n) is 9.79. The standard InChI is InChI=1S/C11H17BrN4O/c1-7-8(13)6-16-11(10(7)12)15-5-3-2-4-9(14)17/h6H,2-5,13H2,1H3,(H2,14,17)(H,15,16). The number of amides is 1. The molecule has 17 heavy (non-hydrogen) atoms. The number of pyridine rings is 1. The van der Waals surface area contributed by atoms with Crippen molar-refractivity contribution in [2.45, 2.75) is 26.2 Å². The van der Waals surface area contributed by atoms with Crippen molar-refractivity contribution >= 4 is 33.3 Å². The Hall–Kier alpha value is -1.30. The van der Waals surface area contributed by atoms with E-state index < -0.39 is 0 Å². The van der Waals surface area contributed by atoms with Crippen molar-refractivity contribution in [1.82, 2.24) is 4.98 Å². The fourth-order valence-electron chi connectivity index (χ4n) is 1.35. The lowest BCUT2D eigenvalue weighted by molar-refractivity contribution is -0.118. The van der Waals surface area contributed by atoms with E-state index in [1.165, 1.54) is 0 Å². The molecule has 0 atom stereocenters. The predicted octanol–water partition coefficient (Wildman–Crippen LogP) is 1.80. The number of rotatable bonds is 6. The number of nitrogen functional groups attached to an aromatic ring is 1. The van der Waals surface area contributed by atoms with Crippen LogP contribution >= 0.6 is 15.9 Å². The van der Waals surface area contributed by atoms with Crippen LogP contribution in [0.3, 0.4) is 0 Å². The van der Waals surface area contributed by atoms with Gasteiger partial charge in [-0.2, -0.15) is 0 Å². The zero-order valence-corrected chi connectivity index (χ0v) is 11.4. The van der Waals surface area contributed by atoms with Crippen molar-refractivity contribution in [3.8, 4) is 0 Å². The molecular weight excluding hydrogens is 284 g/mol. The van der Waals surface area contributed by atoms with Crippen LogP contribution < -0.4 is 16.8 Å². The van der Waals surface area contributed by atoms with E-state index in [1.807, 2.05) is 6.92 Å². The molecule has 6 heteroatoms. The second kappa shape index (κ2) is 6.44. The zero-order chi connectivity index (χ0) is 12.8. The molecule has 0 aliphatic rings. The summed E-state index contributed by atoms with van der Waals surface area (Å²) in [7, 11) is 0. The third kappa shape index (κ3) is 4.22. The molecule has 5 N–H and O–H groups in total. The number of anilines is 2. The Morgan fingerprint density at radius 2 is 2.24 bits per heavy atom. The first-order valence-corrected chi connectivity index (χ1v) is 6.24. The highest BCUT2D eigenvalue weighted by molar-refractivity contribution is 9.10. The van der Waals surface area contributed by atoms with Gasteiger partial charge in [-0.3, -0.25) is 4.79 Å². The SMILES string of the molecule is Cc1c(N)cnc(NCCCCC(N)=O)c1Br. The van der Waals surface area contributed by atoms with E-state index in [0.717, 1.165) is 35.2 Å². The van der Waals surface area contributed by atoms with Crippen LogP contribution in [0.4, 0.5) is 11.5 Å². The van der Waals surface area contributed by atoms with Gasteiger partial charge in [0.15, 0.2) is 0 Å². The Balaban J connectivity index is 2.42. The van der Waals surface area contributed by atoms with E-state index in [0.29, 0.717) is 12.1 Å². The molecule has 0 saturated carbocycles. The predicted molar refractivity (Wildman–Crippen MR) is 72.6 cm³/mol. The highest BCUT2D eigenvalue weighted by Gasteiger charge is 2.06. The summed E-state index contributed by atoms with van der Waals surface area (Å²) in [5.41, 5.74) is 12.4. The first kappa shape index (κ1) is 13.8. The Kier molecular flexibility index (Phi) is 5.21. The number of primary amides is 1. The number of nitrogens with zero attached hydrogens (tertiary/aromatic N) is 1. The molecule has 0 saturated heterocycles. The van der Waals surface area contributed by atoms with Crippen molar-refractivity contribution in [3.63, 3.8) is 0 Å². The molecule has 0 radical (unpaired) electrons. The lowest BCUT2D eigenvalue weighted by Crippen LogP contribution is -2.11. The number of nitrogens with one attached hydrogen (secondary N) is 1. The number of unbranched alkanes of at least 4 members (excludes halogenated alkanes) is 1. The van der Waals surface area contributed by atoms with E-state index in [4.69, 9.17) is 11.5 Å². The third-order valence-electron chi connectivity index (χ3n) is 2.45. The fraction of sp³-hybridized carbons (Fsp3) is 0.455. The van der Waals surface area contributed by atoms with Gasteiger partial charge in [-0.15, -0.1) is 0 Å². The smallest absolute Gasteiger partial charge is 0.217 e. The Morgan fingerprint density at radius 3 is 2.88 bits per heavy atom. The van der Waals surface area contributed by atoms with Crippen LogP contribution in [0.15, 0.2) is 10.7 Å². The second-order valence-electron chi connectivity index (χ2n) is 3.85. The normalized spacial score (nSPS) is 10.2. The maximum atomic E-state index is 10.5. The number of hydrogen-bond acceptors (Lipinski definition) is 4. The number of carbonyl (C=O) groups excluding carboxylic acids is 1. The molecule has 1 aromatic heterocycles. The number of carbonyl (C=O) groups is 1. The van der Waals surface area contributed by atoms with Crippen LogP contribution in [0.1, 0.15) is 24.8 Å². The van der Waals surface area contributed by atoms with Gasteiger partial charge in [-0.05, 0) is 41.3 Å². The lowest BCUT2D eigenvalue weighted by atomic mass is 10.2. The van der Waals surface area contributed by atoms with Crippen LogP contribution in [-0.2, 0) is 4.79 Å². The maximum absolute atomic E-state index is 10.5. The molecule has 1 heterocycles. The van der Waals surface area contributed by atoms with Gasteiger partial charge < -0.3 is 16.8 Å². The summed E-state index contributed by atoms with van der Waals surface area (Å²) in [6.45, 7) is 2.68. The van der Waals surface area contributed by atoms with E-state index >= 15 is 0 Å². The second-order valence-corrected chi connectivity index (χ2v) is 4.64. The molecule has 0 aromatic carbocycles. The first-order chi connectivity index (χ1) is 8.02. The minimum Gasteiger partial charge on any atom is -0.397 e. The molecule has 0 bridgehead atoms. The van der Waals surface area contributed by atoms with E-state index in [2.05, 4.69) is 26.2 Å². The number of nitrogens with two attached hydrogens (primary N) is 2. The summed E-state index contributed by atoms with van der Waals surface area (Å²) in [6, 6.07) is 0. The Labute approximate surface area is 109 Å². The van der Waals surface area contributed by atoms with Gasteiger partial charge in [0.25, 0.3) is 0 Å². The van der Waals surface area contributed by atoms with Crippen molar-refractivity contribution in [2.24, 2.45) is 5.73 Å². The number of aromatic nitrogens is 1. The lowest BCUT2D eigenvalue weighted by Gasteiger charge is -2.10. The van der Waals surface area contributed by atoms with E-state index in [9.17, 15) is 4.79 Å². The van der Waals surface area contributed by atoms with Gasteiger partial charge in [-0.25, -0.2) is 4.98 Å². The topological polar surface area (TPSA) is 94.0 Å². The molecule has 0 unspecified atom stereocenters. The molecule has 0 aliphatic heterocycles. The highest BCUT2D eigenvalue weighted by atomic mass is 79.9. The molecule has 5 nitrogen and oxygen atoms in total. The van der Waals surface area contributed by atoms with Crippen molar-refractivity contribution in [1.29, 1.82) is 0 Å². The van der Waals surface area contributed by atoms with Crippen molar-refractivity contribution < 1.29 is 4.79 Å². The van der Waals surface area contributed by atoms with E-state index in [-0.39, 0.29) is 5.91 Å². The molecular formula is C11H17BrN4O. The van der Waals surface area contributed by atoms with Crippen LogP contribution in [0.2, 0.25) is 0 Å². The summed E-state index contributed by atoms with van der Waals surface area (Å²) < 4.78 is 0.882. The minimum absolute atomic E-state index is 0.257. The van der Waals surface area contributed by atoms with Gasteiger partial charge >= 0.3 is 0 Å². The van der Waals surface area contributed by atoms with Gasteiger partial charge in [0.1, 0.15) is 5.82 Å². The van der Waals surface area contributed by atoms with Gasteiger partial charge in [-0.1, -0.05) is 0 Å². The number of halogens is 1. The average Bonchev–Trinajstić information content (AvgIpc) is 2.28. The minimum atomic E-state index is -0.257. The molecule has 94 valence electrons. The molecule has 0 spiro atoms. The van der Waals surface area contributed by atoms with E-state index in [1.54, 1.807) is 6.20 Å². The quantitative estimate of drug-likeness (QED) is 0.698. The third-order valence-corrected chi connectivity index (χ3v) is 3.42. The van der Waals surface area contributed by atoms with Crippen LogP contribution in [0, 0.1) is 6.92 Å². The summed E-state index contributed by atoms with van der Waals surface area (Å²) in [6.07, 6.45) is 3.72. The summed E-state index contributed by atoms with van der Waals surface area (Å²) in [5, 5.41) is 3.19. The van der Waals surface area contributed by atoms with Gasteiger partial charge in [0.2, 0.25) is 5.91 Å². The number of hydrogen-bond donors (Lipinski definition) is 3. The molecule has 1 amide bonds. The molecule has 0 fully saturated rings. The molecule has 0 aliphatic carbocycles. The first-order valence-electron chi connectivity index (χ1n) is 5.45. The van der Waals surface area contributed by atoms with Crippen LogP contribution in [0.25, 0.3) is 0 Å². The van der Waals surface area contributed by atoms with Crippen LogP contribution in [0.5, 0.6) is 0 Å². The average molecular weight is 301 g/mol. The van der Waals surface area contributed by atoms with Crippen molar-refractivity contribution in [2.75, 3.05) is 17.6 Å². The maximum Gasteiger partial charge on any atom is 0.217 e. The summed E-state index contributed by atoms with van der Waals surface area (Å²) in [4.78, 5) is 14.7. The summed E-state index contributed by atoms with van der Waals surface area (Å²) >= 11 is 3.44. The Bertz CT molecular complexity index is 409. The Morgan fingerprint density at radius 1 is 1.53 bits per heavy atom. The molecule has 1 aromatic rings. The van der Waals surface area contributed by atoms with Gasteiger partial charge in [0, 0.05) is 13.0 Å². The van der Waals surface area contributed by atoms with Crippen molar-refractivity contribution in [3.05, 3.63) is 16.2 Å². The van der Waals surface area contributed by atoms with Gasteiger partial charge in [0.05, 0.1) is 16.4 Å². The largest absolute Gasteiger partial charge is 0.397 e. The highest BCUT2D eigenvalue weighted by Crippen LogP contribution is 2.27. The summed E-state index contributed by atoms with van der Waals surface area (Å²) in [5.74, 6) is 0.517. The monoisotopic (exact) mass is 300 g/mol. The molecule has 1 rings (SSSR count). The fourth-order valence-corrected chi connectivity index (χ4v) is 1.82.